The second-order valence-corrected chi connectivity index (χ2v) is 7.36. The van der Waals surface area contributed by atoms with E-state index in [4.69, 9.17) is 27.9 Å². The van der Waals surface area contributed by atoms with Gasteiger partial charge >= 0.3 is 0 Å². The molecule has 1 fully saturated rings. The zero-order valence-electron chi connectivity index (χ0n) is 21.8. The lowest BCUT2D eigenvalue weighted by Crippen LogP contribution is -2.38. The molecular weight excluding hydrogens is 385 g/mol. The maximum absolute atomic E-state index is 14.1. The molecule has 5 nitrogen and oxygen atoms in total. The Labute approximate surface area is 176 Å². The largest absolute Gasteiger partial charge is 0.367 e. The molecule has 0 bridgehead atoms. The fraction of sp³-hybridized carbons (Fsp3) is 0.316. The highest BCUT2D eigenvalue weighted by Crippen LogP contribution is 2.32. The standard InChI is InChI=1S/C19H17ClFN5S/c20-17-8-15-18(23-11-24-19(15)27-17)25-14-3-5-26(6-4-14)10-12-1-2-16(21)13(7-12)9-22/h1-2,7-8,11,14H,3-6,10H2,(H,23,24,25)/i1D,2D,7D,8D,10D,11D,14D/hD. The monoisotopic (exact) mass is 409 g/mol. The lowest BCUT2D eigenvalue weighted by Gasteiger charge is -2.32. The van der Waals surface area contributed by atoms with Gasteiger partial charge < -0.3 is 5.31 Å². The zero-order chi connectivity index (χ0) is 25.8. The van der Waals surface area contributed by atoms with Crippen molar-refractivity contribution in [3.63, 3.8) is 0 Å². The molecule has 0 saturated carbocycles. The van der Waals surface area contributed by atoms with Crippen molar-refractivity contribution in [2.24, 2.45) is 0 Å². The van der Waals surface area contributed by atoms with Crippen molar-refractivity contribution in [1.29, 1.82) is 5.26 Å². The number of benzene rings is 1. The molecule has 1 aliphatic rings. The average molecular weight is 410 g/mol. The van der Waals surface area contributed by atoms with Crippen LogP contribution in [-0.4, -0.2) is 34.0 Å². The molecule has 1 unspecified atom stereocenters. The highest BCUT2D eigenvalue weighted by Gasteiger charge is 2.21. The van der Waals surface area contributed by atoms with Crippen LogP contribution in [-0.2, 0) is 6.52 Å². The van der Waals surface area contributed by atoms with Crippen molar-refractivity contribution in [3.05, 3.63) is 51.8 Å². The SMILES string of the molecule is [2H]c1nc(N([2H])C2([2H])CCN(C([2H])c3c([2H])c([2H])c(F)c(C#N)c3[2H])CC2)c2c([2H])c(Cl)sc2n1. The fourth-order valence-electron chi connectivity index (χ4n) is 2.70. The Morgan fingerprint density at radius 3 is 3.07 bits per heavy atom. The van der Waals surface area contributed by atoms with E-state index in [1.807, 2.05) is 0 Å². The predicted molar refractivity (Wildman–Crippen MR) is 105 cm³/mol. The van der Waals surface area contributed by atoms with E-state index in [0.29, 0.717) is 0 Å². The first kappa shape index (κ1) is 10.9. The molecule has 1 aromatic carbocycles. The maximum atomic E-state index is 14.1. The molecule has 0 amide bonds. The molecule has 1 N–H and O–H groups in total. The summed E-state index contributed by atoms with van der Waals surface area (Å²) in [6, 6.07) is -2.21. The summed E-state index contributed by atoms with van der Waals surface area (Å²) in [6.07, 6.45) is -0.329. The van der Waals surface area contributed by atoms with Gasteiger partial charge in [0.1, 0.15) is 30.2 Å². The molecule has 2 aromatic heterocycles. The number of nitrogens with one attached hydrogen (secondary N) is 1. The molecule has 27 heavy (non-hydrogen) atoms. The summed E-state index contributed by atoms with van der Waals surface area (Å²) in [5, 5.41) is 10.2. The van der Waals surface area contributed by atoms with Gasteiger partial charge in [-0.15, -0.1) is 11.3 Å². The molecule has 0 spiro atoms. The van der Waals surface area contributed by atoms with Crippen LogP contribution in [0.4, 0.5) is 10.2 Å². The van der Waals surface area contributed by atoms with E-state index in [1.165, 1.54) is 11.0 Å². The first-order chi connectivity index (χ1) is 16.4. The highest BCUT2D eigenvalue weighted by atomic mass is 35.5. The number of aromatic nitrogens is 2. The van der Waals surface area contributed by atoms with Gasteiger partial charge in [-0.2, -0.15) is 5.26 Å². The van der Waals surface area contributed by atoms with Gasteiger partial charge in [-0.05, 0) is 36.5 Å². The van der Waals surface area contributed by atoms with Crippen LogP contribution < -0.4 is 5.31 Å². The number of nitriles is 1. The van der Waals surface area contributed by atoms with Crippen molar-refractivity contribution in [2.75, 3.05) is 18.4 Å². The molecule has 3 aromatic rings. The summed E-state index contributed by atoms with van der Waals surface area (Å²) in [5.41, 5.74) is -0.960. The van der Waals surface area contributed by atoms with Crippen LogP contribution in [0, 0.1) is 17.1 Å². The van der Waals surface area contributed by atoms with Crippen LogP contribution in [0.2, 0.25) is 5.75 Å². The van der Waals surface area contributed by atoms with E-state index in [1.54, 1.807) is 0 Å². The highest BCUT2D eigenvalue weighted by molar-refractivity contribution is 7.22. The number of piperidine rings is 1. The Morgan fingerprint density at radius 2 is 2.30 bits per heavy atom. The van der Waals surface area contributed by atoms with Crippen molar-refractivity contribution in [3.8, 4) is 6.07 Å². The van der Waals surface area contributed by atoms with E-state index in [2.05, 4.69) is 9.97 Å². The minimum Gasteiger partial charge on any atom is -0.367 e. The normalized spacial score (nSPS) is 22.3. The number of nitrogens with zero attached hydrogens (tertiary/aromatic N) is 4. The van der Waals surface area contributed by atoms with Crippen molar-refractivity contribution in [2.45, 2.75) is 25.4 Å². The number of rotatable bonds is 4. The Balaban J connectivity index is 1.61. The van der Waals surface area contributed by atoms with E-state index in [0.717, 1.165) is 16.6 Å². The van der Waals surface area contributed by atoms with Gasteiger partial charge in [-0.25, -0.2) is 14.4 Å². The quantitative estimate of drug-likeness (QED) is 0.690. The third-order valence-corrected chi connectivity index (χ3v) is 5.10. The number of thiophene rings is 1. The summed E-state index contributed by atoms with van der Waals surface area (Å²) in [7, 11) is 0. The van der Waals surface area contributed by atoms with E-state index in [9.17, 15) is 4.39 Å². The third-order valence-electron chi connectivity index (χ3n) is 4.00. The lowest BCUT2D eigenvalue weighted by atomic mass is 10.0. The number of fused-ring (bicyclic) bond motifs is 1. The number of halogens is 2. The smallest absolute Gasteiger partial charge is 0.162 e. The summed E-state index contributed by atoms with van der Waals surface area (Å²) in [5.74, 6) is -1.35. The molecule has 1 aliphatic heterocycles. The lowest BCUT2D eigenvalue weighted by molar-refractivity contribution is 0.211. The summed E-state index contributed by atoms with van der Waals surface area (Å²) < 4.78 is 80.2. The molecule has 8 heteroatoms. The van der Waals surface area contributed by atoms with Gasteiger partial charge in [0.05, 0.1) is 22.1 Å². The van der Waals surface area contributed by atoms with Gasteiger partial charge in [-0.3, -0.25) is 4.90 Å². The van der Waals surface area contributed by atoms with Crippen molar-refractivity contribution >= 4 is 39.0 Å². The van der Waals surface area contributed by atoms with Crippen molar-refractivity contribution in [1.82, 2.24) is 14.9 Å². The zero-order valence-corrected chi connectivity index (χ0v) is 15.4. The molecule has 0 radical (unpaired) electrons. The first-order valence-electron chi connectivity index (χ1n) is 12.0. The average Bonchev–Trinajstić information content (AvgIpc) is 3.10. The molecule has 1 atom stereocenters. The predicted octanol–water partition coefficient (Wildman–Crippen LogP) is 4.43. The fourth-order valence-corrected chi connectivity index (χ4v) is 3.67. The van der Waals surface area contributed by atoms with Crippen molar-refractivity contribution < 1.29 is 15.4 Å². The Morgan fingerprint density at radius 1 is 1.48 bits per heavy atom. The van der Waals surface area contributed by atoms with Gasteiger partial charge in [0.15, 0.2) is 1.41 Å². The molecule has 0 aliphatic carbocycles. The second kappa shape index (κ2) is 7.77. The third kappa shape index (κ3) is 4.03. The van der Waals surface area contributed by atoms with Crippen LogP contribution in [0.25, 0.3) is 10.2 Å². The van der Waals surface area contributed by atoms with E-state index in [-0.39, 0.29) is 64.2 Å². The minimum absolute atomic E-state index is 0.0244. The second-order valence-electron chi connectivity index (χ2n) is 5.76. The van der Waals surface area contributed by atoms with E-state index >= 15 is 0 Å². The minimum atomic E-state index is -1.54. The Kier molecular flexibility index (Phi) is 3.14. The van der Waals surface area contributed by atoms with Gasteiger partial charge in [-0.1, -0.05) is 17.6 Å². The van der Waals surface area contributed by atoms with Crippen LogP contribution in [0.3, 0.4) is 0 Å². The molecule has 4 rings (SSSR count). The Hall–Kier alpha value is -2.27. The first-order valence-corrected chi connectivity index (χ1v) is 9.18. The van der Waals surface area contributed by atoms with Crippen LogP contribution in [0.15, 0.2) is 30.5 Å². The number of likely N-dealkylation sites (tertiary alicyclic amines) is 1. The van der Waals surface area contributed by atoms with Crippen LogP contribution in [0.1, 0.15) is 33.6 Å². The number of hydrogen-bond donors (Lipinski definition) is 1. The molecular formula is C19H17ClFN5S. The summed E-state index contributed by atoms with van der Waals surface area (Å²) >= 11 is 7.02. The summed E-state index contributed by atoms with van der Waals surface area (Å²) in [6.45, 7) is -1.19. The van der Waals surface area contributed by atoms with Gasteiger partial charge in [0.2, 0.25) is 0 Å². The summed E-state index contributed by atoms with van der Waals surface area (Å²) in [4.78, 5) is 9.70. The topological polar surface area (TPSA) is 64.8 Å². The Bertz CT molecular complexity index is 1370. The van der Waals surface area contributed by atoms with Crippen LogP contribution in [0.5, 0.6) is 0 Å². The van der Waals surface area contributed by atoms with E-state index < -0.39 is 42.0 Å². The molecule has 3 heterocycles. The van der Waals surface area contributed by atoms with Crippen LogP contribution >= 0.6 is 22.9 Å². The van der Waals surface area contributed by atoms with Gasteiger partial charge in [0, 0.05) is 27.0 Å². The molecule has 138 valence electrons. The number of anilines is 1. The molecule has 1 saturated heterocycles. The van der Waals surface area contributed by atoms with Gasteiger partial charge in [0.25, 0.3) is 0 Å². The maximum Gasteiger partial charge on any atom is 0.162 e. The number of hydrogen-bond acceptors (Lipinski definition) is 6.